The van der Waals surface area contributed by atoms with Gasteiger partial charge in [0, 0.05) is 4.47 Å². The summed E-state index contributed by atoms with van der Waals surface area (Å²) in [5.74, 6) is 1.42. The summed E-state index contributed by atoms with van der Waals surface area (Å²) in [5.41, 5.74) is 8.12. The SMILES string of the molecule is NC(c1ccc(Cl)c(Cl)c1)c1cc2c(cc1Br)OCCO2. The number of ether oxygens (including phenoxy) is 2. The standard InChI is InChI=1S/C15H12BrCl2NO2/c16-10-7-14-13(20-3-4-21-14)6-9(10)15(19)8-1-2-11(17)12(18)5-8/h1-2,5-7,15H,3-4,19H2. The Kier molecular flexibility index (Phi) is 4.31. The molecule has 21 heavy (non-hydrogen) atoms. The van der Waals surface area contributed by atoms with Crippen molar-refractivity contribution < 1.29 is 9.47 Å². The van der Waals surface area contributed by atoms with Crippen molar-refractivity contribution in [1.29, 1.82) is 0 Å². The van der Waals surface area contributed by atoms with Crippen LogP contribution in [0.4, 0.5) is 0 Å². The van der Waals surface area contributed by atoms with Crippen molar-refractivity contribution in [3.8, 4) is 11.5 Å². The van der Waals surface area contributed by atoms with Gasteiger partial charge in [-0.05, 0) is 35.4 Å². The molecule has 0 bridgehead atoms. The van der Waals surface area contributed by atoms with E-state index in [1.54, 1.807) is 12.1 Å². The third-order valence-electron chi connectivity index (χ3n) is 3.30. The van der Waals surface area contributed by atoms with Gasteiger partial charge in [0.25, 0.3) is 0 Å². The molecular weight excluding hydrogens is 377 g/mol. The molecule has 0 aromatic heterocycles. The van der Waals surface area contributed by atoms with Crippen LogP contribution in [0, 0.1) is 0 Å². The van der Waals surface area contributed by atoms with Crippen molar-refractivity contribution in [2.75, 3.05) is 13.2 Å². The summed E-state index contributed by atoms with van der Waals surface area (Å²) >= 11 is 15.5. The highest BCUT2D eigenvalue weighted by Gasteiger charge is 2.19. The molecule has 0 fully saturated rings. The first kappa shape index (κ1) is 15.0. The number of benzene rings is 2. The zero-order chi connectivity index (χ0) is 15.0. The topological polar surface area (TPSA) is 44.5 Å². The Morgan fingerprint density at radius 1 is 1.00 bits per heavy atom. The summed E-state index contributed by atoms with van der Waals surface area (Å²) in [4.78, 5) is 0. The van der Waals surface area contributed by atoms with Crippen molar-refractivity contribution in [2.24, 2.45) is 5.73 Å². The van der Waals surface area contributed by atoms with E-state index in [9.17, 15) is 0 Å². The van der Waals surface area contributed by atoms with Gasteiger partial charge in [-0.25, -0.2) is 0 Å². The highest BCUT2D eigenvalue weighted by atomic mass is 79.9. The molecule has 0 saturated heterocycles. The van der Waals surface area contributed by atoms with Crippen LogP contribution < -0.4 is 15.2 Å². The average Bonchev–Trinajstić information content (AvgIpc) is 2.48. The maximum absolute atomic E-state index is 6.34. The molecule has 1 atom stereocenters. The maximum atomic E-state index is 6.34. The highest BCUT2D eigenvalue weighted by molar-refractivity contribution is 9.10. The van der Waals surface area contributed by atoms with Crippen LogP contribution in [0.2, 0.25) is 10.0 Å². The molecule has 3 rings (SSSR count). The van der Waals surface area contributed by atoms with Crippen LogP contribution in [0.15, 0.2) is 34.8 Å². The molecule has 0 amide bonds. The van der Waals surface area contributed by atoms with Crippen molar-refractivity contribution in [3.05, 3.63) is 56.0 Å². The molecule has 1 aliphatic heterocycles. The Hall–Kier alpha value is -0.940. The van der Waals surface area contributed by atoms with E-state index in [4.69, 9.17) is 38.4 Å². The van der Waals surface area contributed by atoms with Gasteiger partial charge in [-0.1, -0.05) is 45.2 Å². The monoisotopic (exact) mass is 387 g/mol. The summed E-state index contributed by atoms with van der Waals surface area (Å²) in [6.45, 7) is 1.09. The van der Waals surface area contributed by atoms with E-state index in [1.165, 1.54) is 0 Å². The first-order chi connectivity index (χ1) is 10.1. The van der Waals surface area contributed by atoms with E-state index < -0.39 is 0 Å². The van der Waals surface area contributed by atoms with E-state index in [2.05, 4.69) is 15.9 Å². The lowest BCUT2D eigenvalue weighted by molar-refractivity contribution is 0.171. The first-order valence-electron chi connectivity index (χ1n) is 6.36. The normalized spacial score (nSPS) is 14.9. The second kappa shape index (κ2) is 6.05. The second-order valence-electron chi connectivity index (χ2n) is 4.67. The minimum absolute atomic E-state index is 0.343. The van der Waals surface area contributed by atoms with E-state index in [0.29, 0.717) is 29.0 Å². The molecule has 0 saturated carbocycles. The summed E-state index contributed by atoms with van der Waals surface area (Å²) in [6.07, 6.45) is 0. The summed E-state index contributed by atoms with van der Waals surface area (Å²) in [5, 5.41) is 0.993. The van der Waals surface area contributed by atoms with Crippen LogP contribution >= 0.6 is 39.1 Å². The van der Waals surface area contributed by atoms with Crippen LogP contribution in [-0.4, -0.2) is 13.2 Å². The minimum Gasteiger partial charge on any atom is -0.486 e. The van der Waals surface area contributed by atoms with E-state index in [1.807, 2.05) is 18.2 Å². The van der Waals surface area contributed by atoms with Gasteiger partial charge < -0.3 is 15.2 Å². The van der Waals surface area contributed by atoms with Crippen molar-refractivity contribution >= 4 is 39.1 Å². The van der Waals surface area contributed by atoms with Gasteiger partial charge in [-0.3, -0.25) is 0 Å². The molecule has 2 aromatic carbocycles. The van der Waals surface area contributed by atoms with Crippen LogP contribution in [-0.2, 0) is 0 Å². The maximum Gasteiger partial charge on any atom is 0.162 e. The predicted octanol–water partition coefficient (Wildman–Crippen LogP) is 4.58. The lowest BCUT2D eigenvalue weighted by atomic mass is 9.99. The molecular formula is C15H12BrCl2NO2. The molecule has 3 nitrogen and oxygen atoms in total. The molecule has 110 valence electrons. The van der Waals surface area contributed by atoms with Gasteiger partial charge in [0.15, 0.2) is 11.5 Å². The molecule has 2 aromatic rings. The summed E-state index contributed by atoms with van der Waals surface area (Å²) in [7, 11) is 0. The fraction of sp³-hybridized carbons (Fsp3) is 0.200. The summed E-state index contributed by atoms with van der Waals surface area (Å²) < 4.78 is 12.0. The number of rotatable bonds is 2. The Morgan fingerprint density at radius 3 is 2.33 bits per heavy atom. The molecule has 0 radical (unpaired) electrons. The Morgan fingerprint density at radius 2 is 1.67 bits per heavy atom. The van der Waals surface area contributed by atoms with Gasteiger partial charge in [-0.2, -0.15) is 0 Å². The van der Waals surface area contributed by atoms with E-state index in [-0.39, 0.29) is 6.04 Å². The molecule has 2 N–H and O–H groups in total. The molecule has 1 heterocycles. The molecule has 1 aliphatic rings. The van der Waals surface area contributed by atoms with Gasteiger partial charge in [0.05, 0.1) is 16.1 Å². The highest BCUT2D eigenvalue weighted by Crippen LogP contribution is 2.39. The zero-order valence-electron chi connectivity index (χ0n) is 10.9. The lowest BCUT2D eigenvalue weighted by Crippen LogP contribution is -2.17. The number of hydrogen-bond donors (Lipinski definition) is 1. The minimum atomic E-state index is -0.343. The Bertz CT molecular complexity index is 694. The number of hydrogen-bond acceptors (Lipinski definition) is 3. The lowest BCUT2D eigenvalue weighted by Gasteiger charge is -2.22. The van der Waals surface area contributed by atoms with Gasteiger partial charge in [0.2, 0.25) is 0 Å². The van der Waals surface area contributed by atoms with Gasteiger partial charge in [-0.15, -0.1) is 0 Å². The van der Waals surface area contributed by atoms with Crippen LogP contribution in [0.25, 0.3) is 0 Å². The van der Waals surface area contributed by atoms with E-state index >= 15 is 0 Å². The smallest absolute Gasteiger partial charge is 0.162 e. The van der Waals surface area contributed by atoms with Crippen molar-refractivity contribution in [3.63, 3.8) is 0 Å². The fourth-order valence-electron chi connectivity index (χ4n) is 2.20. The van der Waals surface area contributed by atoms with Crippen molar-refractivity contribution in [2.45, 2.75) is 6.04 Å². The first-order valence-corrected chi connectivity index (χ1v) is 7.90. The zero-order valence-corrected chi connectivity index (χ0v) is 14.0. The number of fused-ring (bicyclic) bond motifs is 1. The predicted molar refractivity (Wildman–Crippen MR) is 87.6 cm³/mol. The quantitative estimate of drug-likeness (QED) is 0.819. The third-order valence-corrected chi connectivity index (χ3v) is 4.73. The summed E-state index contributed by atoms with van der Waals surface area (Å²) in [6, 6.07) is 8.81. The second-order valence-corrected chi connectivity index (χ2v) is 6.34. The molecule has 1 unspecified atom stereocenters. The molecule has 0 spiro atoms. The fourth-order valence-corrected chi connectivity index (χ4v) is 3.08. The largest absolute Gasteiger partial charge is 0.486 e. The third kappa shape index (κ3) is 2.99. The molecule has 0 aliphatic carbocycles. The number of nitrogens with two attached hydrogens (primary N) is 1. The Balaban J connectivity index is 2.00. The van der Waals surface area contributed by atoms with Gasteiger partial charge in [0.1, 0.15) is 13.2 Å². The van der Waals surface area contributed by atoms with Gasteiger partial charge >= 0.3 is 0 Å². The molecule has 6 heteroatoms. The van der Waals surface area contributed by atoms with Crippen LogP contribution in [0.3, 0.4) is 0 Å². The van der Waals surface area contributed by atoms with Crippen LogP contribution in [0.5, 0.6) is 11.5 Å². The average molecular weight is 389 g/mol. The van der Waals surface area contributed by atoms with Crippen molar-refractivity contribution in [1.82, 2.24) is 0 Å². The number of halogens is 3. The van der Waals surface area contributed by atoms with Crippen LogP contribution in [0.1, 0.15) is 17.2 Å². The Labute approximate surface area is 141 Å². The van der Waals surface area contributed by atoms with E-state index in [0.717, 1.165) is 21.3 Å².